The molecule has 0 aliphatic carbocycles. The van der Waals surface area contributed by atoms with Gasteiger partial charge in [0.05, 0.1) is 11.4 Å². The van der Waals surface area contributed by atoms with Crippen LogP contribution in [-0.2, 0) is 4.79 Å². The van der Waals surface area contributed by atoms with E-state index < -0.39 is 0 Å². The number of nitrogens with one attached hydrogen (secondary N) is 2. The van der Waals surface area contributed by atoms with Gasteiger partial charge >= 0.3 is 0 Å². The number of carbonyl (C=O) groups is 1. The van der Waals surface area contributed by atoms with Crippen LogP contribution in [-0.4, -0.2) is 26.8 Å². The Morgan fingerprint density at radius 2 is 1.77 bits per heavy atom. The second kappa shape index (κ2) is 10.3. The fourth-order valence-electron chi connectivity index (χ4n) is 2.47. The summed E-state index contributed by atoms with van der Waals surface area (Å²) in [5.41, 5.74) is 1.34. The fourth-order valence-corrected chi connectivity index (χ4v) is 4.20. The maximum atomic E-state index is 12.1. The van der Waals surface area contributed by atoms with Gasteiger partial charge in [-0.3, -0.25) is 4.79 Å². The van der Waals surface area contributed by atoms with Crippen molar-refractivity contribution in [2.24, 2.45) is 0 Å². The number of pyridine rings is 1. The van der Waals surface area contributed by atoms with Crippen LogP contribution in [0.1, 0.15) is 0 Å². The molecule has 0 saturated heterocycles. The number of hydrogen-bond acceptors (Lipinski definition) is 8. The molecule has 0 unspecified atom stereocenters. The number of amides is 1. The lowest BCUT2D eigenvalue weighted by atomic mass is 10.3. The first-order valence-corrected chi connectivity index (χ1v) is 11.3. The van der Waals surface area contributed by atoms with Gasteiger partial charge in [-0.1, -0.05) is 52.9 Å². The predicted octanol–water partition coefficient (Wildman–Crippen LogP) is 5.85. The first-order chi connectivity index (χ1) is 15.2. The molecule has 0 aliphatic heterocycles. The Balaban J connectivity index is 1.28. The summed E-state index contributed by atoms with van der Waals surface area (Å²) in [5.74, 6) is 1.51. The zero-order valence-electron chi connectivity index (χ0n) is 16.0. The van der Waals surface area contributed by atoms with E-state index in [9.17, 15) is 4.79 Å². The Kier molecular flexibility index (Phi) is 6.98. The Bertz CT molecular complexity index is 1160. The lowest BCUT2D eigenvalue weighted by Gasteiger charge is -2.07. The minimum Gasteiger partial charge on any atom is -0.457 e. The molecule has 0 spiro atoms. The molecule has 0 bridgehead atoms. The van der Waals surface area contributed by atoms with Crippen LogP contribution in [0.3, 0.4) is 0 Å². The molecule has 1 amide bonds. The van der Waals surface area contributed by atoms with Crippen LogP contribution in [0, 0.1) is 0 Å². The van der Waals surface area contributed by atoms with Gasteiger partial charge in [-0.25, -0.2) is 4.98 Å². The van der Waals surface area contributed by atoms with Crippen LogP contribution < -0.4 is 15.4 Å². The third-order valence-electron chi connectivity index (χ3n) is 3.85. The van der Waals surface area contributed by atoms with Gasteiger partial charge in [0.25, 0.3) is 0 Å². The van der Waals surface area contributed by atoms with Crippen LogP contribution in [0.4, 0.5) is 16.5 Å². The van der Waals surface area contributed by atoms with Crippen molar-refractivity contribution >= 4 is 57.1 Å². The quantitative estimate of drug-likeness (QED) is 0.247. The van der Waals surface area contributed by atoms with Crippen LogP contribution in [0.15, 0.2) is 77.3 Å². The minimum absolute atomic E-state index is 0.186. The Hall–Kier alpha value is -3.14. The van der Waals surface area contributed by atoms with Crippen molar-refractivity contribution in [2.45, 2.75) is 4.34 Å². The van der Waals surface area contributed by atoms with Crippen molar-refractivity contribution in [1.29, 1.82) is 0 Å². The van der Waals surface area contributed by atoms with Gasteiger partial charge in [0, 0.05) is 11.9 Å². The number of thioether (sulfide) groups is 1. The highest BCUT2D eigenvalue weighted by Gasteiger charge is 2.10. The standard InChI is InChI=1S/C21H16ClN5O2S2/c22-19-17(7-4-12-23-19)25-18(28)13-30-21-27-26-20(31-21)24-14-8-10-16(11-9-14)29-15-5-2-1-3-6-15/h1-12H,13H2,(H,24,26)(H,25,28). The average Bonchev–Trinajstić information content (AvgIpc) is 3.23. The van der Waals surface area contributed by atoms with Gasteiger partial charge in [0.15, 0.2) is 9.49 Å². The molecule has 2 N–H and O–H groups in total. The highest BCUT2D eigenvalue weighted by molar-refractivity contribution is 8.01. The van der Waals surface area contributed by atoms with E-state index >= 15 is 0 Å². The van der Waals surface area contributed by atoms with Gasteiger partial charge in [-0.15, -0.1) is 10.2 Å². The summed E-state index contributed by atoms with van der Waals surface area (Å²) >= 11 is 8.61. The van der Waals surface area contributed by atoms with Crippen molar-refractivity contribution < 1.29 is 9.53 Å². The summed E-state index contributed by atoms with van der Waals surface area (Å²) in [5, 5.41) is 15.0. The second-order valence-electron chi connectivity index (χ2n) is 6.12. The molecule has 0 aliphatic rings. The smallest absolute Gasteiger partial charge is 0.234 e. The van der Waals surface area contributed by atoms with Crippen LogP contribution in [0.2, 0.25) is 5.15 Å². The molecule has 10 heteroatoms. The molecule has 2 aromatic heterocycles. The molecule has 0 saturated carbocycles. The Morgan fingerprint density at radius 3 is 2.55 bits per heavy atom. The van der Waals surface area contributed by atoms with E-state index in [1.807, 2.05) is 54.6 Å². The second-order valence-corrected chi connectivity index (χ2v) is 8.67. The third kappa shape index (κ3) is 6.17. The minimum atomic E-state index is -0.196. The number of halogens is 1. The van der Waals surface area contributed by atoms with E-state index in [2.05, 4.69) is 25.8 Å². The molecule has 7 nitrogen and oxygen atoms in total. The van der Waals surface area contributed by atoms with E-state index in [1.165, 1.54) is 23.1 Å². The number of nitrogens with zero attached hydrogens (tertiary/aromatic N) is 3. The fraction of sp³-hybridized carbons (Fsp3) is 0.0476. The predicted molar refractivity (Wildman–Crippen MR) is 125 cm³/mol. The number of hydrogen-bond donors (Lipinski definition) is 2. The number of aromatic nitrogens is 3. The molecule has 0 radical (unpaired) electrons. The van der Waals surface area contributed by atoms with Crippen molar-refractivity contribution in [2.75, 3.05) is 16.4 Å². The Labute approximate surface area is 191 Å². The maximum absolute atomic E-state index is 12.1. The van der Waals surface area contributed by atoms with Gasteiger partial charge in [0.1, 0.15) is 11.5 Å². The maximum Gasteiger partial charge on any atom is 0.234 e. The first-order valence-electron chi connectivity index (χ1n) is 9.12. The normalized spacial score (nSPS) is 10.5. The van der Waals surface area contributed by atoms with Gasteiger partial charge < -0.3 is 15.4 Å². The van der Waals surface area contributed by atoms with Crippen LogP contribution in [0.5, 0.6) is 11.5 Å². The number of anilines is 3. The topological polar surface area (TPSA) is 89.0 Å². The van der Waals surface area contributed by atoms with Crippen LogP contribution in [0.25, 0.3) is 0 Å². The largest absolute Gasteiger partial charge is 0.457 e. The molecule has 2 aromatic carbocycles. The average molecular weight is 470 g/mol. The molecular formula is C21H16ClN5O2S2. The van der Waals surface area contributed by atoms with Gasteiger partial charge in [0.2, 0.25) is 11.0 Å². The zero-order chi connectivity index (χ0) is 21.5. The van der Waals surface area contributed by atoms with E-state index in [0.717, 1.165) is 17.2 Å². The summed E-state index contributed by atoms with van der Waals surface area (Å²) in [4.78, 5) is 16.0. The van der Waals surface area contributed by atoms with E-state index in [-0.39, 0.29) is 16.8 Å². The molecule has 2 heterocycles. The van der Waals surface area contributed by atoms with Crippen molar-refractivity contribution in [3.05, 3.63) is 78.1 Å². The first kappa shape index (κ1) is 21.1. The Morgan fingerprint density at radius 1 is 1.00 bits per heavy atom. The molecule has 0 atom stereocenters. The molecular weight excluding hydrogens is 454 g/mol. The summed E-state index contributed by atoms with van der Waals surface area (Å²) in [6.07, 6.45) is 1.56. The van der Waals surface area contributed by atoms with E-state index in [0.29, 0.717) is 15.2 Å². The van der Waals surface area contributed by atoms with Crippen molar-refractivity contribution in [3.8, 4) is 11.5 Å². The van der Waals surface area contributed by atoms with Crippen molar-refractivity contribution in [1.82, 2.24) is 15.2 Å². The number of benzene rings is 2. The SMILES string of the molecule is O=C(CSc1nnc(Nc2ccc(Oc3ccccc3)cc2)s1)Nc1cccnc1Cl. The van der Waals surface area contributed by atoms with Crippen LogP contribution >= 0.6 is 34.7 Å². The van der Waals surface area contributed by atoms with E-state index in [4.69, 9.17) is 16.3 Å². The number of para-hydroxylation sites is 1. The monoisotopic (exact) mass is 469 g/mol. The number of rotatable bonds is 8. The molecule has 4 aromatic rings. The lowest BCUT2D eigenvalue weighted by Crippen LogP contribution is -2.14. The number of carbonyl (C=O) groups excluding carboxylic acids is 1. The summed E-state index contributed by atoms with van der Waals surface area (Å²) in [6.45, 7) is 0. The van der Waals surface area contributed by atoms with Gasteiger partial charge in [-0.2, -0.15) is 0 Å². The van der Waals surface area contributed by atoms with E-state index in [1.54, 1.807) is 18.3 Å². The van der Waals surface area contributed by atoms with Crippen molar-refractivity contribution in [3.63, 3.8) is 0 Å². The highest BCUT2D eigenvalue weighted by Crippen LogP contribution is 2.29. The summed E-state index contributed by atoms with van der Waals surface area (Å²) in [6, 6.07) is 20.5. The molecule has 4 rings (SSSR count). The lowest BCUT2D eigenvalue weighted by molar-refractivity contribution is -0.113. The summed E-state index contributed by atoms with van der Waals surface area (Å²) < 4.78 is 6.47. The zero-order valence-corrected chi connectivity index (χ0v) is 18.4. The molecule has 31 heavy (non-hydrogen) atoms. The summed E-state index contributed by atoms with van der Waals surface area (Å²) in [7, 11) is 0. The highest BCUT2D eigenvalue weighted by atomic mass is 35.5. The van der Waals surface area contributed by atoms with Gasteiger partial charge in [-0.05, 0) is 48.5 Å². The molecule has 156 valence electrons. The molecule has 0 fully saturated rings. The number of ether oxygens (including phenoxy) is 1. The third-order valence-corrected chi connectivity index (χ3v) is 6.12.